The molecule has 0 fully saturated rings. The Bertz CT molecular complexity index is 1710. The van der Waals surface area contributed by atoms with Crippen molar-refractivity contribution in [2.24, 2.45) is 0 Å². The summed E-state index contributed by atoms with van der Waals surface area (Å²) in [4.78, 5) is 26.9. The van der Waals surface area contributed by atoms with Crippen LogP contribution in [-0.2, 0) is 10.0 Å². The van der Waals surface area contributed by atoms with Gasteiger partial charge < -0.3 is 5.73 Å². The van der Waals surface area contributed by atoms with Crippen LogP contribution in [0.15, 0.2) is 77.8 Å². The topological polar surface area (TPSA) is 128 Å². The van der Waals surface area contributed by atoms with E-state index in [0.717, 1.165) is 16.8 Å². The molecule has 0 aliphatic rings. The lowest BCUT2D eigenvalue weighted by Crippen LogP contribution is -2.15. The van der Waals surface area contributed by atoms with E-state index in [2.05, 4.69) is 14.7 Å². The molecule has 5 rings (SSSR count). The number of thiophene rings is 1. The van der Waals surface area contributed by atoms with Crippen LogP contribution in [0.5, 0.6) is 0 Å². The zero-order valence-corrected chi connectivity index (χ0v) is 21.0. The van der Waals surface area contributed by atoms with Crippen LogP contribution in [0, 0.1) is 13.8 Å². The number of nitrogens with zero attached hydrogens (tertiary/aromatic N) is 3. The molecule has 0 radical (unpaired) electrons. The van der Waals surface area contributed by atoms with Crippen LogP contribution in [0.1, 0.15) is 26.5 Å². The Kier molecular flexibility index (Phi) is 5.99. The third-order valence-corrected chi connectivity index (χ3v) is 8.05. The van der Waals surface area contributed by atoms with Crippen LogP contribution < -0.4 is 10.5 Å². The van der Waals surface area contributed by atoms with Gasteiger partial charge in [0, 0.05) is 28.4 Å². The van der Waals surface area contributed by atoms with E-state index in [0.29, 0.717) is 32.0 Å². The molecule has 36 heavy (non-hydrogen) atoms. The Hall–Kier alpha value is -4.15. The summed E-state index contributed by atoms with van der Waals surface area (Å²) in [6.45, 7) is 3.76. The standard InChI is InChI=1S/C26H21N5O3S2/c1-15-3-5-17(6-4-15)21-12-11-20-22(27)24(35-25(20)30-21)23(32)18-7-9-19(10-8-18)36(33,34)31-26-28-14-13-16(2)29-26/h3-14H,27H2,1-2H3,(H,28,29,31). The summed E-state index contributed by atoms with van der Waals surface area (Å²) in [6.07, 6.45) is 1.47. The molecule has 0 aliphatic carbocycles. The number of nitrogens with two attached hydrogens (primary N) is 1. The molecule has 0 atom stereocenters. The number of nitrogen functional groups attached to an aromatic ring is 1. The van der Waals surface area contributed by atoms with Gasteiger partial charge in [-0.2, -0.15) is 0 Å². The van der Waals surface area contributed by atoms with E-state index < -0.39 is 10.0 Å². The van der Waals surface area contributed by atoms with Crippen molar-refractivity contribution in [1.29, 1.82) is 0 Å². The van der Waals surface area contributed by atoms with Crippen LogP contribution >= 0.6 is 11.3 Å². The second-order valence-electron chi connectivity index (χ2n) is 8.24. The van der Waals surface area contributed by atoms with Gasteiger partial charge in [0.1, 0.15) is 9.71 Å². The first kappa shape index (κ1) is 23.6. The maximum atomic E-state index is 13.2. The maximum Gasteiger partial charge on any atom is 0.264 e. The van der Waals surface area contributed by atoms with Crippen molar-refractivity contribution < 1.29 is 13.2 Å². The summed E-state index contributed by atoms with van der Waals surface area (Å²) >= 11 is 1.22. The molecule has 8 nitrogen and oxygen atoms in total. The van der Waals surface area contributed by atoms with Gasteiger partial charge in [-0.1, -0.05) is 29.8 Å². The summed E-state index contributed by atoms with van der Waals surface area (Å²) in [7, 11) is -3.92. The average molecular weight is 516 g/mol. The van der Waals surface area contributed by atoms with Gasteiger partial charge >= 0.3 is 0 Å². The molecule has 0 aliphatic heterocycles. The van der Waals surface area contributed by atoms with E-state index in [9.17, 15) is 13.2 Å². The molecule has 0 bridgehead atoms. The Balaban J connectivity index is 1.42. The number of ketones is 1. The third-order valence-electron chi connectivity index (χ3n) is 5.59. The van der Waals surface area contributed by atoms with Crippen LogP contribution in [0.3, 0.4) is 0 Å². The number of rotatable bonds is 6. The van der Waals surface area contributed by atoms with Gasteiger partial charge in [-0.05, 0) is 56.3 Å². The first-order chi connectivity index (χ1) is 17.2. The van der Waals surface area contributed by atoms with Gasteiger partial charge in [0.15, 0.2) is 0 Å². The smallest absolute Gasteiger partial charge is 0.264 e. The first-order valence-corrected chi connectivity index (χ1v) is 13.2. The maximum absolute atomic E-state index is 13.2. The summed E-state index contributed by atoms with van der Waals surface area (Å²) in [5.74, 6) is -0.322. The van der Waals surface area contributed by atoms with Gasteiger partial charge in [0.25, 0.3) is 10.0 Å². The van der Waals surface area contributed by atoms with E-state index in [1.807, 2.05) is 43.3 Å². The molecule has 3 heterocycles. The molecule has 0 unspecified atom stereocenters. The number of pyridine rings is 1. The summed E-state index contributed by atoms with van der Waals surface area (Å²) < 4.78 is 27.7. The lowest BCUT2D eigenvalue weighted by Gasteiger charge is -2.07. The van der Waals surface area contributed by atoms with Crippen molar-refractivity contribution >= 4 is 49.0 Å². The fourth-order valence-corrected chi connectivity index (χ4v) is 5.65. The number of carbonyl (C=O) groups is 1. The van der Waals surface area contributed by atoms with Crippen molar-refractivity contribution in [2.45, 2.75) is 18.7 Å². The number of aryl methyl sites for hydroxylation is 2. The zero-order valence-electron chi connectivity index (χ0n) is 19.4. The van der Waals surface area contributed by atoms with Crippen LogP contribution in [-0.4, -0.2) is 29.2 Å². The number of anilines is 2. The number of hydrogen-bond donors (Lipinski definition) is 2. The summed E-state index contributed by atoms with van der Waals surface area (Å²) in [6, 6.07) is 19.1. The highest BCUT2D eigenvalue weighted by Crippen LogP contribution is 2.35. The largest absolute Gasteiger partial charge is 0.397 e. The van der Waals surface area contributed by atoms with E-state index in [-0.39, 0.29) is 16.6 Å². The SMILES string of the molecule is Cc1ccc(-c2ccc3c(N)c(C(=O)c4ccc(S(=O)(=O)Nc5nccc(C)n5)cc4)sc3n2)cc1. The van der Waals surface area contributed by atoms with Crippen molar-refractivity contribution in [2.75, 3.05) is 10.5 Å². The Morgan fingerprint density at radius 1 is 0.917 bits per heavy atom. The fourth-order valence-electron chi connectivity index (χ4n) is 3.64. The number of carbonyl (C=O) groups excluding carboxylic acids is 1. The highest BCUT2D eigenvalue weighted by atomic mass is 32.2. The van der Waals surface area contributed by atoms with Gasteiger partial charge in [-0.15, -0.1) is 11.3 Å². The van der Waals surface area contributed by atoms with Crippen LogP contribution in [0.2, 0.25) is 0 Å². The van der Waals surface area contributed by atoms with Crippen molar-refractivity contribution in [3.63, 3.8) is 0 Å². The monoisotopic (exact) mass is 515 g/mol. The zero-order chi connectivity index (χ0) is 25.4. The second-order valence-corrected chi connectivity index (χ2v) is 10.9. The van der Waals surface area contributed by atoms with Gasteiger partial charge in [0.2, 0.25) is 11.7 Å². The molecule has 180 valence electrons. The molecule has 0 spiro atoms. The molecular formula is C26H21N5O3S2. The minimum Gasteiger partial charge on any atom is -0.397 e. The van der Waals surface area contributed by atoms with Crippen LogP contribution in [0.4, 0.5) is 11.6 Å². The van der Waals surface area contributed by atoms with Gasteiger partial charge in [-0.3, -0.25) is 4.79 Å². The number of nitrogens with one attached hydrogen (secondary N) is 1. The van der Waals surface area contributed by atoms with Gasteiger partial charge in [-0.25, -0.2) is 28.1 Å². The second kappa shape index (κ2) is 9.14. The minimum absolute atomic E-state index is 0.0159. The fraction of sp³-hybridized carbons (Fsp3) is 0.0769. The van der Waals surface area contributed by atoms with E-state index in [1.165, 1.54) is 41.8 Å². The Morgan fingerprint density at radius 3 is 2.33 bits per heavy atom. The number of benzene rings is 2. The quantitative estimate of drug-likeness (QED) is 0.305. The van der Waals surface area contributed by atoms with Crippen LogP contribution in [0.25, 0.3) is 21.5 Å². The average Bonchev–Trinajstić information content (AvgIpc) is 3.19. The molecule has 0 saturated carbocycles. The molecular weight excluding hydrogens is 494 g/mol. The summed E-state index contributed by atoms with van der Waals surface area (Å²) in [5.41, 5.74) is 10.5. The Morgan fingerprint density at radius 2 is 1.64 bits per heavy atom. The highest BCUT2D eigenvalue weighted by Gasteiger charge is 2.21. The number of fused-ring (bicyclic) bond motifs is 1. The molecule has 3 aromatic heterocycles. The van der Waals surface area contributed by atoms with Crippen molar-refractivity contribution in [3.8, 4) is 11.3 Å². The van der Waals surface area contributed by atoms with Crippen molar-refractivity contribution in [3.05, 3.63) is 94.6 Å². The predicted octanol–water partition coefficient (Wildman–Crippen LogP) is 4.98. The predicted molar refractivity (Wildman–Crippen MR) is 142 cm³/mol. The number of aromatic nitrogens is 3. The lowest BCUT2D eigenvalue weighted by atomic mass is 10.1. The van der Waals surface area contributed by atoms with E-state index in [1.54, 1.807) is 13.0 Å². The third kappa shape index (κ3) is 4.56. The molecule has 2 aromatic carbocycles. The highest BCUT2D eigenvalue weighted by molar-refractivity contribution is 7.92. The molecule has 0 amide bonds. The normalized spacial score (nSPS) is 11.5. The molecule has 5 aromatic rings. The molecule has 3 N–H and O–H groups in total. The van der Waals surface area contributed by atoms with E-state index in [4.69, 9.17) is 10.7 Å². The van der Waals surface area contributed by atoms with Gasteiger partial charge in [0.05, 0.1) is 16.3 Å². The van der Waals surface area contributed by atoms with Crippen molar-refractivity contribution in [1.82, 2.24) is 15.0 Å². The molecule has 10 heteroatoms. The number of hydrogen-bond acceptors (Lipinski definition) is 8. The summed E-state index contributed by atoms with van der Waals surface area (Å²) in [5, 5.41) is 0.709. The Labute approximate surface area is 211 Å². The number of sulfonamides is 1. The lowest BCUT2D eigenvalue weighted by molar-refractivity contribution is 0.104. The van der Waals surface area contributed by atoms with E-state index >= 15 is 0 Å². The molecule has 0 saturated heterocycles. The first-order valence-electron chi connectivity index (χ1n) is 10.9. The minimum atomic E-state index is -3.92.